The number of fused-ring (bicyclic) bond motifs is 1. The average molecular weight is 189 g/mol. The van der Waals surface area contributed by atoms with Gasteiger partial charge in [-0.3, -0.25) is 5.10 Å². The van der Waals surface area contributed by atoms with Crippen LogP contribution < -0.4 is 5.32 Å². The molecule has 14 heavy (non-hydrogen) atoms. The molecule has 2 N–H and O–H groups in total. The number of aromatic amines is 1. The molecule has 1 aromatic heterocycles. The number of H-pyrrole nitrogens is 1. The summed E-state index contributed by atoms with van der Waals surface area (Å²) in [5, 5.41) is 11.6. The molecule has 0 aliphatic rings. The van der Waals surface area contributed by atoms with E-state index in [1.165, 1.54) is 17.4 Å². The fourth-order valence-corrected chi connectivity index (χ4v) is 1.58. The molecule has 0 spiro atoms. The summed E-state index contributed by atoms with van der Waals surface area (Å²) in [6.45, 7) is 4.14. The number of nitrogens with one attached hydrogen (secondary N) is 2. The Hall–Kier alpha value is -1.35. The van der Waals surface area contributed by atoms with E-state index in [9.17, 15) is 0 Å². The first-order valence-corrected chi connectivity index (χ1v) is 5.03. The normalized spacial score (nSPS) is 10.9. The number of benzene rings is 1. The van der Waals surface area contributed by atoms with Gasteiger partial charge in [0.1, 0.15) is 0 Å². The summed E-state index contributed by atoms with van der Waals surface area (Å²) in [5.41, 5.74) is 2.43. The van der Waals surface area contributed by atoms with E-state index in [1.54, 1.807) is 0 Å². The highest BCUT2D eigenvalue weighted by Crippen LogP contribution is 2.14. The van der Waals surface area contributed by atoms with E-state index >= 15 is 0 Å². The molecule has 0 aliphatic carbocycles. The molecule has 0 bridgehead atoms. The van der Waals surface area contributed by atoms with Crippen LogP contribution in [0.25, 0.3) is 10.9 Å². The molecule has 0 saturated carbocycles. The average Bonchev–Trinajstić information content (AvgIpc) is 2.67. The van der Waals surface area contributed by atoms with Crippen LogP contribution in [0.3, 0.4) is 0 Å². The highest BCUT2D eigenvalue weighted by Gasteiger charge is 2.00. The monoisotopic (exact) mass is 189 g/mol. The molecular weight excluding hydrogens is 174 g/mol. The van der Waals surface area contributed by atoms with E-state index < -0.39 is 0 Å². The minimum Gasteiger partial charge on any atom is -0.313 e. The minimum atomic E-state index is 0.910. The molecule has 0 aliphatic heterocycles. The summed E-state index contributed by atoms with van der Waals surface area (Å²) in [6, 6.07) is 6.27. The van der Waals surface area contributed by atoms with E-state index in [-0.39, 0.29) is 0 Å². The van der Waals surface area contributed by atoms with E-state index in [1.807, 2.05) is 6.20 Å². The van der Waals surface area contributed by atoms with Crippen molar-refractivity contribution in [1.82, 2.24) is 15.5 Å². The van der Waals surface area contributed by atoms with Gasteiger partial charge in [-0.1, -0.05) is 25.1 Å². The minimum absolute atomic E-state index is 0.910. The summed E-state index contributed by atoms with van der Waals surface area (Å²) < 4.78 is 0. The lowest BCUT2D eigenvalue weighted by Gasteiger charge is -2.03. The number of para-hydroxylation sites is 1. The molecule has 0 amide bonds. The van der Waals surface area contributed by atoms with Crippen molar-refractivity contribution in [2.75, 3.05) is 6.54 Å². The molecule has 0 saturated heterocycles. The molecule has 2 aromatic rings. The number of hydrogen-bond acceptors (Lipinski definition) is 2. The van der Waals surface area contributed by atoms with Crippen LogP contribution in [0.15, 0.2) is 24.4 Å². The van der Waals surface area contributed by atoms with Crippen LogP contribution in [-0.4, -0.2) is 16.7 Å². The second-order valence-electron chi connectivity index (χ2n) is 3.43. The smallest absolute Gasteiger partial charge is 0.0695 e. The summed E-state index contributed by atoms with van der Waals surface area (Å²) >= 11 is 0. The molecular formula is C11H15N3. The van der Waals surface area contributed by atoms with Gasteiger partial charge in [-0.2, -0.15) is 5.10 Å². The van der Waals surface area contributed by atoms with Crippen molar-refractivity contribution in [2.24, 2.45) is 0 Å². The summed E-state index contributed by atoms with van der Waals surface area (Å²) in [6.07, 6.45) is 3.03. The summed E-state index contributed by atoms with van der Waals surface area (Å²) in [5.74, 6) is 0. The Balaban J connectivity index is 2.19. The molecule has 0 unspecified atom stereocenters. The van der Waals surface area contributed by atoms with Gasteiger partial charge in [0.25, 0.3) is 0 Å². The van der Waals surface area contributed by atoms with Crippen molar-refractivity contribution < 1.29 is 0 Å². The summed E-state index contributed by atoms with van der Waals surface area (Å²) in [4.78, 5) is 0. The van der Waals surface area contributed by atoms with Gasteiger partial charge in [0.15, 0.2) is 0 Å². The molecule has 74 valence electrons. The van der Waals surface area contributed by atoms with Crippen molar-refractivity contribution in [3.63, 3.8) is 0 Å². The first-order valence-electron chi connectivity index (χ1n) is 5.03. The Labute approximate surface area is 83.5 Å². The fraction of sp³-hybridized carbons (Fsp3) is 0.364. The third kappa shape index (κ3) is 1.77. The third-order valence-electron chi connectivity index (χ3n) is 2.31. The van der Waals surface area contributed by atoms with Gasteiger partial charge < -0.3 is 5.32 Å². The van der Waals surface area contributed by atoms with Crippen molar-refractivity contribution in [3.8, 4) is 0 Å². The Bertz CT molecular complexity index is 406. The lowest BCUT2D eigenvalue weighted by atomic mass is 10.1. The lowest BCUT2D eigenvalue weighted by Crippen LogP contribution is -2.13. The maximum Gasteiger partial charge on any atom is 0.0695 e. The van der Waals surface area contributed by atoms with Gasteiger partial charge in [0.2, 0.25) is 0 Å². The zero-order valence-electron chi connectivity index (χ0n) is 8.38. The molecule has 3 nitrogen and oxygen atoms in total. The van der Waals surface area contributed by atoms with Crippen LogP contribution in [-0.2, 0) is 6.54 Å². The number of aromatic nitrogens is 2. The standard InChI is InChI=1S/C11H15N3/c1-2-6-12-7-9-4-3-5-10-8-13-14-11(9)10/h3-5,8,12H,2,6-7H2,1H3,(H,13,14). The van der Waals surface area contributed by atoms with Gasteiger partial charge in [0.05, 0.1) is 11.7 Å². The zero-order chi connectivity index (χ0) is 9.80. The fourth-order valence-electron chi connectivity index (χ4n) is 1.58. The molecule has 1 aromatic carbocycles. The molecule has 1 heterocycles. The number of rotatable bonds is 4. The Kier molecular flexibility index (Phi) is 2.79. The quantitative estimate of drug-likeness (QED) is 0.723. The van der Waals surface area contributed by atoms with Crippen LogP contribution in [0.2, 0.25) is 0 Å². The highest BCUT2D eigenvalue weighted by atomic mass is 15.1. The molecule has 3 heteroatoms. The highest BCUT2D eigenvalue weighted by molar-refractivity contribution is 5.81. The summed E-state index contributed by atoms with van der Waals surface area (Å²) in [7, 11) is 0. The second-order valence-corrected chi connectivity index (χ2v) is 3.43. The predicted molar refractivity (Wildman–Crippen MR) is 58.1 cm³/mol. The van der Waals surface area contributed by atoms with E-state index in [0.29, 0.717) is 0 Å². The first-order chi connectivity index (χ1) is 6.92. The van der Waals surface area contributed by atoms with Gasteiger partial charge in [-0.05, 0) is 18.5 Å². The maximum absolute atomic E-state index is 4.04. The van der Waals surface area contributed by atoms with E-state index in [0.717, 1.165) is 18.6 Å². The van der Waals surface area contributed by atoms with Crippen LogP contribution in [0, 0.1) is 0 Å². The molecule has 0 atom stereocenters. The SMILES string of the molecule is CCCNCc1cccc2cn[nH]c12. The van der Waals surface area contributed by atoms with Crippen molar-refractivity contribution in [3.05, 3.63) is 30.0 Å². The topological polar surface area (TPSA) is 40.7 Å². The van der Waals surface area contributed by atoms with Crippen LogP contribution in [0.1, 0.15) is 18.9 Å². The van der Waals surface area contributed by atoms with Crippen LogP contribution in [0.4, 0.5) is 0 Å². The third-order valence-corrected chi connectivity index (χ3v) is 2.31. The van der Waals surface area contributed by atoms with Crippen LogP contribution >= 0.6 is 0 Å². The largest absolute Gasteiger partial charge is 0.313 e. The molecule has 0 fully saturated rings. The predicted octanol–water partition coefficient (Wildman–Crippen LogP) is 2.06. The van der Waals surface area contributed by atoms with Crippen molar-refractivity contribution in [1.29, 1.82) is 0 Å². The number of hydrogen-bond donors (Lipinski definition) is 2. The second kappa shape index (κ2) is 4.24. The van der Waals surface area contributed by atoms with Crippen molar-refractivity contribution in [2.45, 2.75) is 19.9 Å². The Morgan fingerprint density at radius 3 is 3.21 bits per heavy atom. The van der Waals surface area contributed by atoms with Crippen LogP contribution in [0.5, 0.6) is 0 Å². The molecule has 2 rings (SSSR count). The zero-order valence-corrected chi connectivity index (χ0v) is 8.38. The Morgan fingerprint density at radius 1 is 1.43 bits per heavy atom. The first kappa shape index (κ1) is 9.21. The number of nitrogens with zero attached hydrogens (tertiary/aromatic N) is 1. The van der Waals surface area contributed by atoms with Gasteiger partial charge in [-0.25, -0.2) is 0 Å². The van der Waals surface area contributed by atoms with Gasteiger partial charge in [-0.15, -0.1) is 0 Å². The van der Waals surface area contributed by atoms with E-state index in [4.69, 9.17) is 0 Å². The molecule has 0 radical (unpaired) electrons. The Morgan fingerprint density at radius 2 is 2.36 bits per heavy atom. The lowest BCUT2D eigenvalue weighted by molar-refractivity contribution is 0.677. The van der Waals surface area contributed by atoms with E-state index in [2.05, 4.69) is 40.6 Å². The maximum atomic E-state index is 4.04. The van der Waals surface area contributed by atoms with Crippen molar-refractivity contribution >= 4 is 10.9 Å². The van der Waals surface area contributed by atoms with Gasteiger partial charge >= 0.3 is 0 Å². The van der Waals surface area contributed by atoms with Gasteiger partial charge in [0, 0.05) is 11.9 Å².